The quantitative estimate of drug-likeness (QED) is 0.369. The summed E-state index contributed by atoms with van der Waals surface area (Å²) in [5.74, 6) is 0.721. The molecule has 1 aliphatic rings. The number of aryl methyl sites for hydroxylation is 1. The van der Waals surface area contributed by atoms with Crippen LogP contribution >= 0.6 is 23.1 Å². The van der Waals surface area contributed by atoms with Gasteiger partial charge in [0.15, 0.2) is 5.16 Å². The van der Waals surface area contributed by atoms with Crippen LogP contribution in [0, 0.1) is 5.92 Å². The molecule has 1 unspecified atom stereocenters. The van der Waals surface area contributed by atoms with Gasteiger partial charge in [-0.15, -0.1) is 17.9 Å². The zero-order chi connectivity index (χ0) is 20.4. The summed E-state index contributed by atoms with van der Waals surface area (Å²) in [6.07, 6.45) is 4.68. The van der Waals surface area contributed by atoms with Crippen LogP contribution in [-0.4, -0.2) is 27.8 Å². The minimum absolute atomic E-state index is 0.0396. The summed E-state index contributed by atoms with van der Waals surface area (Å²) >= 11 is 2.92. The molecule has 1 N–H and O–H groups in total. The smallest absolute Gasteiger partial charge is 0.267 e. The van der Waals surface area contributed by atoms with Gasteiger partial charge in [-0.1, -0.05) is 43.0 Å². The third kappa shape index (κ3) is 4.02. The number of fused-ring (bicyclic) bond motifs is 3. The largest absolute Gasteiger partial charge is 0.352 e. The lowest BCUT2D eigenvalue weighted by Crippen LogP contribution is -2.26. The fourth-order valence-electron chi connectivity index (χ4n) is 3.64. The molecule has 0 spiro atoms. The standard InChI is InChI=1S/C22H23N3O2S2/c1-3-11-23-18(26)13-28-22-24-20-19(16-10-9-14(2)12-17(16)29-20)21(27)25(22)15-7-5-4-6-8-15/h3-8,14H,1,9-13H2,2H3,(H,23,26). The molecule has 2 aromatic heterocycles. The van der Waals surface area contributed by atoms with Crippen molar-refractivity contribution in [1.29, 1.82) is 0 Å². The Hall–Kier alpha value is -2.38. The Morgan fingerprint density at radius 3 is 2.97 bits per heavy atom. The number of amides is 1. The number of hydrogen-bond acceptors (Lipinski definition) is 5. The first-order chi connectivity index (χ1) is 14.1. The number of benzene rings is 1. The van der Waals surface area contributed by atoms with Crippen molar-refractivity contribution >= 4 is 39.2 Å². The van der Waals surface area contributed by atoms with Gasteiger partial charge in [-0.3, -0.25) is 14.2 Å². The third-order valence-corrected chi connectivity index (χ3v) is 7.18. The molecular weight excluding hydrogens is 402 g/mol. The molecule has 0 saturated carbocycles. The van der Waals surface area contributed by atoms with Crippen LogP contribution in [0.3, 0.4) is 0 Å². The van der Waals surface area contributed by atoms with E-state index in [1.165, 1.54) is 22.2 Å². The van der Waals surface area contributed by atoms with E-state index in [0.717, 1.165) is 35.2 Å². The molecule has 3 aromatic rings. The van der Waals surface area contributed by atoms with Gasteiger partial charge in [0.05, 0.1) is 16.8 Å². The number of aromatic nitrogens is 2. The summed E-state index contributed by atoms with van der Waals surface area (Å²) < 4.78 is 1.65. The number of nitrogens with one attached hydrogen (secondary N) is 1. The maximum atomic E-state index is 13.6. The van der Waals surface area contributed by atoms with Gasteiger partial charge < -0.3 is 5.32 Å². The maximum Gasteiger partial charge on any atom is 0.267 e. The van der Waals surface area contributed by atoms with E-state index in [0.29, 0.717) is 17.6 Å². The lowest BCUT2D eigenvalue weighted by Gasteiger charge is -2.17. The van der Waals surface area contributed by atoms with Gasteiger partial charge in [-0.05, 0) is 42.9 Å². The molecule has 29 heavy (non-hydrogen) atoms. The van der Waals surface area contributed by atoms with Gasteiger partial charge in [-0.2, -0.15) is 0 Å². The first-order valence-electron chi connectivity index (χ1n) is 9.71. The van der Waals surface area contributed by atoms with Crippen LogP contribution in [0.25, 0.3) is 15.9 Å². The van der Waals surface area contributed by atoms with Crippen molar-refractivity contribution < 1.29 is 4.79 Å². The van der Waals surface area contributed by atoms with Gasteiger partial charge in [0, 0.05) is 11.4 Å². The molecule has 0 aliphatic heterocycles. The monoisotopic (exact) mass is 425 g/mol. The Bertz CT molecular complexity index is 1120. The van der Waals surface area contributed by atoms with E-state index in [9.17, 15) is 9.59 Å². The van der Waals surface area contributed by atoms with Crippen LogP contribution in [0.5, 0.6) is 0 Å². The van der Waals surface area contributed by atoms with E-state index in [-0.39, 0.29) is 17.2 Å². The van der Waals surface area contributed by atoms with Crippen molar-refractivity contribution in [2.75, 3.05) is 12.3 Å². The normalized spacial score (nSPS) is 15.8. The Balaban J connectivity index is 1.82. The summed E-state index contributed by atoms with van der Waals surface area (Å²) in [7, 11) is 0. The zero-order valence-electron chi connectivity index (χ0n) is 16.3. The predicted molar refractivity (Wildman–Crippen MR) is 120 cm³/mol. The molecule has 0 radical (unpaired) electrons. The van der Waals surface area contributed by atoms with Crippen molar-refractivity contribution in [2.45, 2.75) is 31.3 Å². The Morgan fingerprint density at radius 1 is 1.41 bits per heavy atom. The van der Waals surface area contributed by atoms with Gasteiger partial charge >= 0.3 is 0 Å². The molecule has 0 saturated heterocycles. The Kier molecular flexibility index (Phi) is 5.87. The van der Waals surface area contributed by atoms with Crippen LogP contribution in [0.4, 0.5) is 0 Å². The minimum Gasteiger partial charge on any atom is -0.352 e. The molecule has 0 bridgehead atoms. The number of para-hydroxylation sites is 1. The van der Waals surface area contributed by atoms with E-state index >= 15 is 0 Å². The molecule has 2 heterocycles. The van der Waals surface area contributed by atoms with Gasteiger partial charge in [-0.25, -0.2) is 4.98 Å². The topological polar surface area (TPSA) is 64.0 Å². The number of nitrogens with zero attached hydrogens (tertiary/aromatic N) is 2. The highest BCUT2D eigenvalue weighted by molar-refractivity contribution is 7.99. The Morgan fingerprint density at radius 2 is 2.21 bits per heavy atom. The zero-order valence-corrected chi connectivity index (χ0v) is 17.9. The van der Waals surface area contributed by atoms with Crippen LogP contribution in [0.1, 0.15) is 23.8 Å². The lowest BCUT2D eigenvalue weighted by molar-refractivity contribution is -0.118. The van der Waals surface area contributed by atoms with E-state index < -0.39 is 0 Å². The summed E-state index contributed by atoms with van der Waals surface area (Å²) in [4.78, 5) is 32.6. The molecule has 1 aliphatic carbocycles. The molecule has 5 nitrogen and oxygen atoms in total. The van der Waals surface area contributed by atoms with E-state index in [4.69, 9.17) is 4.98 Å². The molecule has 1 atom stereocenters. The second kappa shape index (κ2) is 8.55. The SMILES string of the molecule is C=CCNC(=O)CSc1nc2sc3c(c2c(=O)n1-c1ccccc1)CCC(C)C3. The van der Waals surface area contributed by atoms with Gasteiger partial charge in [0.2, 0.25) is 5.91 Å². The minimum atomic E-state index is -0.108. The van der Waals surface area contributed by atoms with Crippen molar-refractivity contribution in [3.05, 3.63) is 63.8 Å². The second-order valence-electron chi connectivity index (χ2n) is 7.28. The molecule has 1 amide bonds. The van der Waals surface area contributed by atoms with Crippen LogP contribution in [0.15, 0.2) is 52.9 Å². The summed E-state index contributed by atoms with van der Waals surface area (Å²) in [6, 6.07) is 9.53. The lowest BCUT2D eigenvalue weighted by atomic mass is 9.89. The van der Waals surface area contributed by atoms with Crippen LogP contribution < -0.4 is 10.9 Å². The highest BCUT2D eigenvalue weighted by Crippen LogP contribution is 2.36. The molecule has 150 valence electrons. The Labute approximate surface area is 177 Å². The number of rotatable bonds is 6. The fraction of sp³-hybridized carbons (Fsp3) is 0.318. The van der Waals surface area contributed by atoms with E-state index in [1.807, 2.05) is 30.3 Å². The molecular formula is C22H23N3O2S2. The molecule has 1 aromatic carbocycles. The summed E-state index contributed by atoms with van der Waals surface area (Å²) in [6.45, 7) is 6.29. The summed E-state index contributed by atoms with van der Waals surface area (Å²) in [5, 5.41) is 4.07. The van der Waals surface area contributed by atoms with E-state index in [1.54, 1.807) is 22.0 Å². The van der Waals surface area contributed by atoms with Crippen molar-refractivity contribution in [1.82, 2.24) is 14.9 Å². The van der Waals surface area contributed by atoms with Gasteiger partial charge in [0.1, 0.15) is 4.83 Å². The fourth-order valence-corrected chi connectivity index (χ4v) is 5.91. The average Bonchev–Trinajstić information content (AvgIpc) is 3.08. The van der Waals surface area contributed by atoms with Crippen molar-refractivity contribution in [3.63, 3.8) is 0 Å². The van der Waals surface area contributed by atoms with E-state index in [2.05, 4.69) is 18.8 Å². The molecule has 0 fully saturated rings. The number of hydrogen-bond donors (Lipinski definition) is 1. The number of thioether (sulfide) groups is 1. The van der Waals surface area contributed by atoms with Crippen molar-refractivity contribution in [3.8, 4) is 5.69 Å². The second-order valence-corrected chi connectivity index (χ2v) is 9.31. The van der Waals surface area contributed by atoms with Crippen molar-refractivity contribution in [2.24, 2.45) is 5.92 Å². The first kappa shape index (κ1) is 19.9. The van der Waals surface area contributed by atoms with Crippen LogP contribution in [0.2, 0.25) is 0 Å². The van der Waals surface area contributed by atoms with Crippen LogP contribution in [-0.2, 0) is 17.6 Å². The summed E-state index contributed by atoms with van der Waals surface area (Å²) in [5.41, 5.74) is 1.90. The number of carbonyl (C=O) groups is 1. The predicted octanol–water partition coefficient (Wildman–Crippen LogP) is 3.97. The number of thiophene rings is 1. The number of carbonyl (C=O) groups excluding carboxylic acids is 1. The molecule has 4 rings (SSSR count). The highest BCUT2D eigenvalue weighted by Gasteiger charge is 2.25. The average molecular weight is 426 g/mol. The molecule has 7 heteroatoms. The highest BCUT2D eigenvalue weighted by atomic mass is 32.2. The maximum absolute atomic E-state index is 13.6. The van der Waals surface area contributed by atoms with Gasteiger partial charge in [0.25, 0.3) is 5.56 Å². The first-order valence-corrected chi connectivity index (χ1v) is 11.5. The third-order valence-electron chi connectivity index (χ3n) is 5.09.